The SMILES string of the molecule is CCCCN(CCO)C(=O)c1cccc(CCl)c1. The number of benzene rings is 1. The Morgan fingerprint density at radius 3 is 2.78 bits per heavy atom. The lowest BCUT2D eigenvalue weighted by Gasteiger charge is -2.21. The highest BCUT2D eigenvalue weighted by atomic mass is 35.5. The summed E-state index contributed by atoms with van der Waals surface area (Å²) in [5.41, 5.74) is 1.57. The second kappa shape index (κ2) is 8.11. The summed E-state index contributed by atoms with van der Waals surface area (Å²) in [7, 11) is 0. The van der Waals surface area contributed by atoms with Crippen LogP contribution in [0.25, 0.3) is 0 Å². The molecular formula is C14H20ClNO2. The van der Waals surface area contributed by atoms with Gasteiger partial charge in [0.05, 0.1) is 6.61 Å². The molecule has 0 fully saturated rings. The molecule has 100 valence electrons. The zero-order chi connectivity index (χ0) is 13.4. The summed E-state index contributed by atoms with van der Waals surface area (Å²) < 4.78 is 0. The van der Waals surface area contributed by atoms with Crippen LogP contribution in [0.5, 0.6) is 0 Å². The Morgan fingerprint density at radius 2 is 2.17 bits per heavy atom. The molecule has 0 aliphatic rings. The van der Waals surface area contributed by atoms with E-state index in [2.05, 4.69) is 6.92 Å². The number of rotatable bonds is 7. The smallest absolute Gasteiger partial charge is 0.253 e. The van der Waals surface area contributed by atoms with Gasteiger partial charge in [-0.25, -0.2) is 0 Å². The largest absolute Gasteiger partial charge is 0.395 e. The van der Waals surface area contributed by atoms with E-state index in [1.165, 1.54) is 0 Å². The summed E-state index contributed by atoms with van der Waals surface area (Å²) in [5.74, 6) is 0.361. The van der Waals surface area contributed by atoms with E-state index in [4.69, 9.17) is 16.7 Å². The molecule has 0 heterocycles. The fourth-order valence-electron chi connectivity index (χ4n) is 1.75. The monoisotopic (exact) mass is 269 g/mol. The Hall–Kier alpha value is -1.06. The van der Waals surface area contributed by atoms with Crippen molar-refractivity contribution in [1.29, 1.82) is 0 Å². The van der Waals surface area contributed by atoms with Gasteiger partial charge in [-0.15, -0.1) is 11.6 Å². The highest BCUT2D eigenvalue weighted by molar-refractivity contribution is 6.17. The molecule has 0 radical (unpaired) electrons. The van der Waals surface area contributed by atoms with Gasteiger partial charge in [0.2, 0.25) is 0 Å². The summed E-state index contributed by atoms with van der Waals surface area (Å²) in [6.07, 6.45) is 1.97. The highest BCUT2D eigenvalue weighted by Gasteiger charge is 2.14. The molecule has 3 nitrogen and oxygen atoms in total. The average Bonchev–Trinajstić information content (AvgIpc) is 2.42. The Labute approximate surface area is 113 Å². The molecule has 0 aliphatic heterocycles. The maximum absolute atomic E-state index is 12.3. The molecular weight excluding hydrogens is 250 g/mol. The zero-order valence-electron chi connectivity index (χ0n) is 10.7. The van der Waals surface area contributed by atoms with Gasteiger partial charge in [0.15, 0.2) is 0 Å². The molecule has 0 aliphatic carbocycles. The number of aliphatic hydroxyl groups is 1. The van der Waals surface area contributed by atoms with Crippen molar-refractivity contribution in [3.63, 3.8) is 0 Å². The van der Waals surface area contributed by atoms with Gasteiger partial charge >= 0.3 is 0 Å². The fraction of sp³-hybridized carbons (Fsp3) is 0.500. The van der Waals surface area contributed by atoms with E-state index in [0.29, 0.717) is 24.5 Å². The van der Waals surface area contributed by atoms with Crippen molar-refractivity contribution in [3.8, 4) is 0 Å². The lowest BCUT2D eigenvalue weighted by molar-refractivity contribution is 0.0719. The molecule has 1 amide bonds. The molecule has 1 aromatic carbocycles. The minimum atomic E-state index is -0.0375. The van der Waals surface area contributed by atoms with Crippen LogP contribution in [0.15, 0.2) is 24.3 Å². The van der Waals surface area contributed by atoms with Gasteiger partial charge < -0.3 is 10.0 Å². The molecule has 4 heteroatoms. The van der Waals surface area contributed by atoms with Crippen LogP contribution in [0.3, 0.4) is 0 Å². The first kappa shape index (κ1) is 15.0. The molecule has 0 bridgehead atoms. The molecule has 18 heavy (non-hydrogen) atoms. The molecule has 0 unspecified atom stereocenters. The molecule has 0 saturated heterocycles. The normalized spacial score (nSPS) is 10.4. The maximum atomic E-state index is 12.3. The third kappa shape index (κ3) is 4.31. The molecule has 1 aromatic rings. The number of carbonyl (C=O) groups is 1. The van der Waals surface area contributed by atoms with Crippen molar-refractivity contribution >= 4 is 17.5 Å². The topological polar surface area (TPSA) is 40.5 Å². The lowest BCUT2D eigenvalue weighted by Crippen LogP contribution is -2.34. The van der Waals surface area contributed by atoms with Gasteiger partial charge in [-0.3, -0.25) is 4.79 Å². The number of amides is 1. The standard InChI is InChI=1S/C14H20ClNO2/c1-2-3-7-16(8-9-17)14(18)13-6-4-5-12(10-13)11-15/h4-6,10,17H,2-3,7-9,11H2,1H3. The number of aliphatic hydroxyl groups excluding tert-OH is 1. The highest BCUT2D eigenvalue weighted by Crippen LogP contribution is 2.11. The van der Waals surface area contributed by atoms with Crippen LogP contribution < -0.4 is 0 Å². The van der Waals surface area contributed by atoms with Crippen LogP contribution in [-0.2, 0) is 5.88 Å². The van der Waals surface area contributed by atoms with Crippen LogP contribution in [0.4, 0.5) is 0 Å². The van der Waals surface area contributed by atoms with Crippen LogP contribution in [0.2, 0.25) is 0 Å². The minimum absolute atomic E-state index is 0.00927. The first-order valence-electron chi connectivity index (χ1n) is 6.28. The van der Waals surface area contributed by atoms with Crippen LogP contribution >= 0.6 is 11.6 Å². The number of unbranched alkanes of at least 4 members (excludes halogenated alkanes) is 1. The molecule has 0 atom stereocenters. The number of hydrogen-bond donors (Lipinski definition) is 1. The molecule has 0 saturated carbocycles. The minimum Gasteiger partial charge on any atom is -0.395 e. The van der Waals surface area contributed by atoms with Crippen molar-refractivity contribution in [1.82, 2.24) is 4.90 Å². The number of alkyl halides is 1. The number of nitrogens with zero attached hydrogens (tertiary/aromatic N) is 1. The van der Waals surface area contributed by atoms with E-state index in [9.17, 15) is 4.79 Å². The van der Waals surface area contributed by atoms with Crippen molar-refractivity contribution in [2.45, 2.75) is 25.6 Å². The molecule has 1 N–H and O–H groups in total. The predicted molar refractivity (Wildman–Crippen MR) is 73.9 cm³/mol. The number of hydrogen-bond acceptors (Lipinski definition) is 2. The second-order valence-electron chi connectivity index (χ2n) is 4.20. The second-order valence-corrected chi connectivity index (χ2v) is 4.47. The fourth-order valence-corrected chi connectivity index (χ4v) is 1.92. The van der Waals surface area contributed by atoms with Gasteiger partial charge in [-0.2, -0.15) is 0 Å². The van der Waals surface area contributed by atoms with E-state index < -0.39 is 0 Å². The summed E-state index contributed by atoms with van der Waals surface area (Å²) in [5, 5.41) is 9.02. The predicted octanol–water partition coefficient (Wildman–Crippen LogP) is 2.66. The van der Waals surface area contributed by atoms with Crippen molar-refractivity contribution in [2.75, 3.05) is 19.7 Å². The first-order valence-corrected chi connectivity index (χ1v) is 6.81. The Kier molecular flexibility index (Phi) is 6.76. The zero-order valence-corrected chi connectivity index (χ0v) is 11.5. The van der Waals surface area contributed by atoms with Crippen molar-refractivity contribution in [3.05, 3.63) is 35.4 Å². The van der Waals surface area contributed by atoms with Gasteiger partial charge in [0, 0.05) is 24.5 Å². The Balaban J connectivity index is 2.79. The van der Waals surface area contributed by atoms with Gasteiger partial charge in [0.1, 0.15) is 0 Å². The van der Waals surface area contributed by atoms with E-state index in [1.54, 1.807) is 11.0 Å². The summed E-state index contributed by atoms with van der Waals surface area (Å²) in [6.45, 7) is 3.13. The number of halogens is 1. The van der Waals surface area contributed by atoms with Gasteiger partial charge in [-0.1, -0.05) is 25.5 Å². The van der Waals surface area contributed by atoms with E-state index >= 15 is 0 Å². The van der Waals surface area contributed by atoms with Crippen LogP contribution in [-0.4, -0.2) is 35.6 Å². The third-order valence-corrected chi connectivity index (χ3v) is 3.08. The first-order chi connectivity index (χ1) is 8.72. The maximum Gasteiger partial charge on any atom is 0.253 e. The van der Waals surface area contributed by atoms with Gasteiger partial charge in [0.25, 0.3) is 5.91 Å². The lowest BCUT2D eigenvalue weighted by atomic mass is 10.1. The van der Waals surface area contributed by atoms with E-state index in [0.717, 1.165) is 18.4 Å². The third-order valence-electron chi connectivity index (χ3n) is 2.77. The van der Waals surface area contributed by atoms with E-state index in [1.807, 2.05) is 18.2 Å². The molecule has 0 spiro atoms. The molecule has 1 rings (SSSR count). The number of carbonyl (C=O) groups excluding carboxylic acids is 1. The van der Waals surface area contributed by atoms with Crippen LogP contribution in [0.1, 0.15) is 35.7 Å². The summed E-state index contributed by atoms with van der Waals surface area (Å²) in [6, 6.07) is 7.33. The average molecular weight is 270 g/mol. The summed E-state index contributed by atoms with van der Waals surface area (Å²) in [4.78, 5) is 14.0. The van der Waals surface area contributed by atoms with E-state index in [-0.39, 0.29) is 12.5 Å². The van der Waals surface area contributed by atoms with Crippen molar-refractivity contribution < 1.29 is 9.90 Å². The summed E-state index contributed by atoms with van der Waals surface area (Å²) >= 11 is 5.76. The van der Waals surface area contributed by atoms with Crippen molar-refractivity contribution in [2.24, 2.45) is 0 Å². The Morgan fingerprint density at radius 1 is 1.39 bits per heavy atom. The van der Waals surface area contributed by atoms with Gasteiger partial charge in [-0.05, 0) is 24.1 Å². The van der Waals surface area contributed by atoms with Crippen LogP contribution in [0, 0.1) is 0 Å². The molecule has 0 aromatic heterocycles. The Bertz CT molecular complexity index is 382. The quantitative estimate of drug-likeness (QED) is 0.773.